The SMILES string of the molecule is COC(=O)Cc1sc(NC(=O)C2CCNC2)nc1-c1ccccc1. The first-order chi connectivity index (χ1) is 11.7. The van der Waals surface area contributed by atoms with Gasteiger partial charge in [0.2, 0.25) is 5.91 Å². The maximum Gasteiger partial charge on any atom is 0.310 e. The van der Waals surface area contributed by atoms with E-state index >= 15 is 0 Å². The summed E-state index contributed by atoms with van der Waals surface area (Å²) in [6, 6.07) is 9.62. The highest BCUT2D eigenvalue weighted by Crippen LogP contribution is 2.32. The molecule has 1 saturated heterocycles. The van der Waals surface area contributed by atoms with E-state index in [1.54, 1.807) is 0 Å². The number of methoxy groups -OCH3 is 1. The average molecular weight is 345 g/mol. The number of aromatic nitrogens is 1. The summed E-state index contributed by atoms with van der Waals surface area (Å²) < 4.78 is 4.76. The first-order valence-corrected chi connectivity index (χ1v) is 8.62. The summed E-state index contributed by atoms with van der Waals surface area (Å²) in [4.78, 5) is 29.3. The first kappa shape index (κ1) is 16.6. The molecule has 0 saturated carbocycles. The fourth-order valence-corrected chi connectivity index (χ4v) is 3.61. The zero-order chi connectivity index (χ0) is 16.9. The molecule has 1 amide bonds. The molecule has 1 fully saturated rings. The molecule has 1 unspecified atom stereocenters. The molecule has 0 spiro atoms. The van der Waals surface area contributed by atoms with E-state index in [-0.39, 0.29) is 24.2 Å². The largest absolute Gasteiger partial charge is 0.469 e. The second-order valence-electron chi connectivity index (χ2n) is 5.59. The predicted molar refractivity (Wildman–Crippen MR) is 92.9 cm³/mol. The molecule has 7 heteroatoms. The van der Waals surface area contributed by atoms with Crippen LogP contribution in [0.5, 0.6) is 0 Å². The van der Waals surface area contributed by atoms with Gasteiger partial charge in [-0.1, -0.05) is 30.3 Å². The summed E-state index contributed by atoms with van der Waals surface area (Å²) >= 11 is 1.32. The zero-order valence-electron chi connectivity index (χ0n) is 13.4. The van der Waals surface area contributed by atoms with E-state index in [4.69, 9.17) is 4.74 Å². The zero-order valence-corrected chi connectivity index (χ0v) is 14.2. The monoisotopic (exact) mass is 345 g/mol. The van der Waals surface area contributed by atoms with E-state index in [1.807, 2.05) is 30.3 Å². The highest BCUT2D eigenvalue weighted by molar-refractivity contribution is 7.16. The van der Waals surface area contributed by atoms with Crippen LogP contribution in [-0.4, -0.2) is 37.1 Å². The second-order valence-corrected chi connectivity index (χ2v) is 6.67. The molecule has 24 heavy (non-hydrogen) atoms. The van der Waals surface area contributed by atoms with Crippen molar-refractivity contribution in [1.82, 2.24) is 10.3 Å². The maximum absolute atomic E-state index is 12.3. The normalized spacial score (nSPS) is 16.8. The third kappa shape index (κ3) is 3.80. The predicted octanol–water partition coefficient (Wildman–Crippen LogP) is 2.07. The number of nitrogens with zero attached hydrogens (tertiary/aromatic N) is 1. The van der Waals surface area contributed by atoms with Crippen LogP contribution < -0.4 is 10.6 Å². The van der Waals surface area contributed by atoms with Gasteiger partial charge >= 0.3 is 5.97 Å². The summed E-state index contributed by atoms with van der Waals surface area (Å²) in [7, 11) is 1.36. The van der Waals surface area contributed by atoms with Gasteiger partial charge < -0.3 is 15.4 Å². The molecule has 1 aliphatic heterocycles. The van der Waals surface area contributed by atoms with Gasteiger partial charge in [-0.15, -0.1) is 11.3 Å². The highest BCUT2D eigenvalue weighted by Gasteiger charge is 2.24. The molecule has 2 heterocycles. The summed E-state index contributed by atoms with van der Waals surface area (Å²) in [5.74, 6) is -0.384. The Morgan fingerprint density at radius 3 is 2.83 bits per heavy atom. The fourth-order valence-electron chi connectivity index (χ4n) is 2.64. The smallest absolute Gasteiger partial charge is 0.310 e. The number of nitrogens with one attached hydrogen (secondary N) is 2. The van der Waals surface area contributed by atoms with Crippen molar-refractivity contribution >= 4 is 28.3 Å². The Morgan fingerprint density at radius 2 is 2.17 bits per heavy atom. The van der Waals surface area contributed by atoms with Gasteiger partial charge in [-0.05, 0) is 13.0 Å². The lowest BCUT2D eigenvalue weighted by Crippen LogP contribution is -2.24. The van der Waals surface area contributed by atoms with Crippen LogP contribution in [0, 0.1) is 5.92 Å². The van der Waals surface area contributed by atoms with E-state index in [9.17, 15) is 9.59 Å². The molecule has 6 nitrogen and oxygen atoms in total. The minimum atomic E-state index is -0.325. The van der Waals surface area contributed by atoms with Crippen molar-refractivity contribution in [3.05, 3.63) is 35.2 Å². The molecular formula is C17H19N3O3S. The molecular weight excluding hydrogens is 326 g/mol. The molecule has 3 rings (SSSR count). The van der Waals surface area contributed by atoms with Crippen molar-refractivity contribution in [3.63, 3.8) is 0 Å². The summed E-state index contributed by atoms with van der Waals surface area (Å²) in [5.41, 5.74) is 1.63. The number of carbonyl (C=O) groups excluding carboxylic acids is 2. The number of carbonyl (C=O) groups is 2. The van der Waals surface area contributed by atoms with Crippen LogP contribution in [-0.2, 0) is 20.7 Å². The minimum absolute atomic E-state index is 0.0295. The Hall–Kier alpha value is -2.25. The molecule has 1 aromatic carbocycles. The number of benzene rings is 1. The number of hydrogen-bond donors (Lipinski definition) is 2. The fraction of sp³-hybridized carbons (Fsp3) is 0.353. The van der Waals surface area contributed by atoms with E-state index in [0.717, 1.165) is 23.4 Å². The van der Waals surface area contributed by atoms with Gasteiger partial charge in [-0.2, -0.15) is 0 Å². The van der Waals surface area contributed by atoms with Crippen molar-refractivity contribution in [2.24, 2.45) is 5.92 Å². The Bertz CT molecular complexity index is 724. The molecule has 2 N–H and O–H groups in total. The van der Waals surface area contributed by atoms with Crippen LogP contribution in [0.3, 0.4) is 0 Å². The Morgan fingerprint density at radius 1 is 1.38 bits per heavy atom. The number of rotatable bonds is 5. The third-order valence-electron chi connectivity index (χ3n) is 3.94. The average Bonchev–Trinajstić information content (AvgIpc) is 3.25. The van der Waals surface area contributed by atoms with Gasteiger partial charge in [-0.25, -0.2) is 4.98 Å². The van der Waals surface area contributed by atoms with Crippen molar-refractivity contribution in [2.45, 2.75) is 12.8 Å². The standard InChI is InChI=1S/C17H19N3O3S/c1-23-14(21)9-13-15(11-5-3-2-4-6-11)19-17(24-13)20-16(22)12-7-8-18-10-12/h2-6,12,18H,7-10H2,1H3,(H,19,20,22). The van der Waals surface area contributed by atoms with Gasteiger partial charge in [0, 0.05) is 17.0 Å². The van der Waals surface area contributed by atoms with Crippen LogP contribution in [0.4, 0.5) is 5.13 Å². The summed E-state index contributed by atoms with van der Waals surface area (Å²) in [5, 5.41) is 6.58. The molecule has 1 atom stereocenters. The van der Waals surface area contributed by atoms with Crippen molar-refractivity contribution < 1.29 is 14.3 Å². The Labute approximate surface area is 144 Å². The summed E-state index contributed by atoms with van der Waals surface area (Å²) in [6.07, 6.45) is 0.969. The van der Waals surface area contributed by atoms with Crippen LogP contribution in [0.25, 0.3) is 11.3 Å². The van der Waals surface area contributed by atoms with E-state index in [1.165, 1.54) is 18.4 Å². The maximum atomic E-state index is 12.3. The Kier molecular flexibility index (Phi) is 5.22. The lowest BCUT2D eigenvalue weighted by Gasteiger charge is -2.06. The minimum Gasteiger partial charge on any atom is -0.469 e. The molecule has 126 valence electrons. The van der Waals surface area contributed by atoms with Crippen LogP contribution in [0.15, 0.2) is 30.3 Å². The topological polar surface area (TPSA) is 80.3 Å². The quantitative estimate of drug-likeness (QED) is 0.811. The molecule has 0 radical (unpaired) electrons. The van der Waals surface area contributed by atoms with Crippen LogP contribution in [0.2, 0.25) is 0 Å². The van der Waals surface area contributed by atoms with Crippen molar-refractivity contribution in [1.29, 1.82) is 0 Å². The number of hydrogen-bond acceptors (Lipinski definition) is 6. The number of esters is 1. The van der Waals surface area contributed by atoms with Gasteiger partial charge in [0.05, 0.1) is 25.1 Å². The molecule has 2 aromatic rings. The second kappa shape index (κ2) is 7.55. The summed E-state index contributed by atoms with van der Waals surface area (Å²) in [6.45, 7) is 1.55. The Balaban J connectivity index is 1.85. The van der Waals surface area contributed by atoms with E-state index in [0.29, 0.717) is 17.4 Å². The van der Waals surface area contributed by atoms with Gasteiger partial charge in [0.25, 0.3) is 0 Å². The molecule has 1 aromatic heterocycles. The van der Waals surface area contributed by atoms with Gasteiger partial charge in [0.15, 0.2) is 5.13 Å². The number of anilines is 1. The van der Waals surface area contributed by atoms with Crippen molar-refractivity contribution in [2.75, 3.05) is 25.5 Å². The third-order valence-corrected chi connectivity index (χ3v) is 4.91. The number of amides is 1. The molecule has 0 aliphatic carbocycles. The van der Waals surface area contributed by atoms with E-state index < -0.39 is 0 Å². The van der Waals surface area contributed by atoms with Crippen molar-refractivity contribution in [3.8, 4) is 11.3 Å². The number of thiazole rings is 1. The van der Waals surface area contributed by atoms with Crippen LogP contribution in [0.1, 0.15) is 11.3 Å². The molecule has 0 bridgehead atoms. The molecule has 1 aliphatic rings. The van der Waals surface area contributed by atoms with E-state index in [2.05, 4.69) is 15.6 Å². The number of ether oxygens (including phenoxy) is 1. The highest BCUT2D eigenvalue weighted by atomic mass is 32.1. The van der Waals surface area contributed by atoms with Crippen LogP contribution >= 0.6 is 11.3 Å². The first-order valence-electron chi connectivity index (χ1n) is 7.81. The lowest BCUT2D eigenvalue weighted by molar-refractivity contribution is -0.139. The van der Waals surface area contributed by atoms with Gasteiger partial charge in [0.1, 0.15) is 0 Å². The lowest BCUT2D eigenvalue weighted by atomic mass is 10.1. The van der Waals surface area contributed by atoms with Gasteiger partial charge in [-0.3, -0.25) is 9.59 Å².